The van der Waals surface area contributed by atoms with E-state index in [1.165, 1.54) is 0 Å². The quantitative estimate of drug-likeness (QED) is 0.768. The standard InChI is InChI=1S/C19H23NO4/c1-22-17-9-8-15(14-18(17)23-2)10-12-20-19(21)11-13-24-16-6-4-3-5-7-16/h3-9,14H,10-13H2,1-2H3,(H,20,21). The Morgan fingerprint density at radius 1 is 1.00 bits per heavy atom. The summed E-state index contributed by atoms with van der Waals surface area (Å²) in [5, 5.41) is 2.89. The Kier molecular flexibility index (Phi) is 6.95. The van der Waals surface area contributed by atoms with Crippen LogP contribution in [-0.4, -0.2) is 33.3 Å². The number of carbonyl (C=O) groups excluding carboxylic acids is 1. The molecule has 0 aliphatic rings. The number of methoxy groups -OCH3 is 2. The van der Waals surface area contributed by atoms with Crippen molar-refractivity contribution in [1.82, 2.24) is 5.32 Å². The number of amides is 1. The van der Waals surface area contributed by atoms with Crippen LogP contribution in [0.2, 0.25) is 0 Å². The summed E-state index contributed by atoms with van der Waals surface area (Å²) in [7, 11) is 3.21. The van der Waals surface area contributed by atoms with Gasteiger partial charge in [0.25, 0.3) is 0 Å². The fourth-order valence-corrected chi connectivity index (χ4v) is 2.25. The molecule has 2 rings (SSSR count). The predicted molar refractivity (Wildman–Crippen MR) is 92.8 cm³/mol. The SMILES string of the molecule is COc1ccc(CCNC(=O)CCOc2ccccc2)cc1OC. The van der Waals surface area contributed by atoms with Crippen molar-refractivity contribution < 1.29 is 19.0 Å². The van der Waals surface area contributed by atoms with E-state index in [9.17, 15) is 4.79 Å². The first-order chi connectivity index (χ1) is 11.7. The maximum atomic E-state index is 11.8. The number of para-hydroxylation sites is 1. The van der Waals surface area contributed by atoms with Gasteiger partial charge in [0.2, 0.25) is 5.91 Å². The highest BCUT2D eigenvalue weighted by molar-refractivity contribution is 5.76. The second kappa shape index (κ2) is 9.45. The third kappa shape index (κ3) is 5.50. The molecule has 0 aliphatic heterocycles. The first-order valence-electron chi connectivity index (χ1n) is 7.88. The molecule has 128 valence electrons. The van der Waals surface area contributed by atoms with Gasteiger partial charge >= 0.3 is 0 Å². The topological polar surface area (TPSA) is 56.8 Å². The summed E-state index contributed by atoms with van der Waals surface area (Å²) in [6, 6.07) is 15.2. The smallest absolute Gasteiger partial charge is 0.223 e. The zero-order valence-electron chi connectivity index (χ0n) is 14.1. The Morgan fingerprint density at radius 3 is 2.46 bits per heavy atom. The van der Waals surface area contributed by atoms with Crippen molar-refractivity contribution in [2.75, 3.05) is 27.4 Å². The van der Waals surface area contributed by atoms with E-state index < -0.39 is 0 Å². The first-order valence-corrected chi connectivity index (χ1v) is 7.88. The number of rotatable bonds is 9. The normalized spacial score (nSPS) is 10.1. The van der Waals surface area contributed by atoms with Crippen LogP contribution in [0.25, 0.3) is 0 Å². The van der Waals surface area contributed by atoms with Gasteiger partial charge in [-0.1, -0.05) is 24.3 Å². The van der Waals surface area contributed by atoms with Gasteiger partial charge in [-0.2, -0.15) is 0 Å². The van der Waals surface area contributed by atoms with Crippen LogP contribution in [0.3, 0.4) is 0 Å². The maximum Gasteiger partial charge on any atom is 0.223 e. The van der Waals surface area contributed by atoms with E-state index in [1.807, 2.05) is 48.5 Å². The average molecular weight is 329 g/mol. The van der Waals surface area contributed by atoms with Crippen LogP contribution in [0, 0.1) is 0 Å². The first kappa shape index (κ1) is 17.7. The molecule has 1 amide bonds. The summed E-state index contributed by atoms with van der Waals surface area (Å²) < 4.78 is 16.0. The Morgan fingerprint density at radius 2 is 1.75 bits per heavy atom. The molecule has 0 aliphatic carbocycles. The molecule has 0 unspecified atom stereocenters. The Labute approximate surface area is 142 Å². The molecule has 0 heterocycles. The van der Waals surface area contributed by atoms with Gasteiger partial charge in [0.15, 0.2) is 11.5 Å². The molecular weight excluding hydrogens is 306 g/mol. The van der Waals surface area contributed by atoms with E-state index in [0.717, 1.165) is 17.7 Å². The molecule has 0 radical (unpaired) electrons. The highest BCUT2D eigenvalue weighted by Gasteiger charge is 2.06. The molecule has 0 aromatic heterocycles. The monoisotopic (exact) mass is 329 g/mol. The molecule has 0 saturated heterocycles. The van der Waals surface area contributed by atoms with Crippen molar-refractivity contribution in [2.45, 2.75) is 12.8 Å². The summed E-state index contributed by atoms with van der Waals surface area (Å²) in [5.74, 6) is 2.14. The molecule has 0 atom stereocenters. The molecule has 5 heteroatoms. The fourth-order valence-electron chi connectivity index (χ4n) is 2.25. The second-order valence-corrected chi connectivity index (χ2v) is 5.20. The molecule has 0 spiro atoms. The van der Waals surface area contributed by atoms with Crippen LogP contribution < -0.4 is 19.5 Å². The lowest BCUT2D eigenvalue weighted by molar-refractivity contribution is -0.121. The van der Waals surface area contributed by atoms with Gasteiger partial charge < -0.3 is 19.5 Å². The predicted octanol–water partition coefficient (Wildman–Crippen LogP) is 2.83. The van der Waals surface area contributed by atoms with E-state index in [-0.39, 0.29) is 5.91 Å². The summed E-state index contributed by atoms with van der Waals surface area (Å²) in [5.41, 5.74) is 1.08. The minimum Gasteiger partial charge on any atom is -0.493 e. The third-order valence-corrected chi connectivity index (χ3v) is 3.52. The molecule has 1 N–H and O–H groups in total. The molecule has 5 nitrogen and oxygen atoms in total. The lowest BCUT2D eigenvalue weighted by atomic mass is 10.1. The van der Waals surface area contributed by atoms with Gasteiger partial charge in [0, 0.05) is 6.54 Å². The van der Waals surface area contributed by atoms with Crippen molar-refractivity contribution >= 4 is 5.91 Å². The number of hydrogen-bond acceptors (Lipinski definition) is 4. The van der Waals surface area contributed by atoms with Gasteiger partial charge in [0.1, 0.15) is 5.75 Å². The molecule has 0 fully saturated rings. The Hall–Kier alpha value is -2.69. The van der Waals surface area contributed by atoms with E-state index in [4.69, 9.17) is 14.2 Å². The number of hydrogen-bond donors (Lipinski definition) is 1. The summed E-state index contributed by atoms with van der Waals surface area (Å²) in [4.78, 5) is 11.8. The van der Waals surface area contributed by atoms with E-state index >= 15 is 0 Å². The van der Waals surface area contributed by atoms with Crippen molar-refractivity contribution in [3.05, 3.63) is 54.1 Å². The maximum absolute atomic E-state index is 11.8. The van der Waals surface area contributed by atoms with Crippen LogP contribution in [0.15, 0.2) is 48.5 Å². The van der Waals surface area contributed by atoms with Crippen LogP contribution in [-0.2, 0) is 11.2 Å². The van der Waals surface area contributed by atoms with Gasteiger partial charge in [-0.25, -0.2) is 0 Å². The van der Waals surface area contributed by atoms with Crippen molar-refractivity contribution in [3.8, 4) is 17.2 Å². The molecular formula is C19H23NO4. The summed E-state index contributed by atoms with van der Waals surface area (Å²) in [6.07, 6.45) is 1.06. The van der Waals surface area contributed by atoms with Crippen LogP contribution in [0.5, 0.6) is 17.2 Å². The summed E-state index contributed by atoms with van der Waals surface area (Å²) >= 11 is 0. The Balaban J connectivity index is 1.69. The molecule has 0 bridgehead atoms. The number of benzene rings is 2. The van der Waals surface area contributed by atoms with Gasteiger partial charge in [-0.15, -0.1) is 0 Å². The summed E-state index contributed by atoms with van der Waals surface area (Å²) in [6.45, 7) is 0.936. The largest absolute Gasteiger partial charge is 0.493 e. The third-order valence-electron chi connectivity index (χ3n) is 3.52. The molecule has 0 saturated carbocycles. The van der Waals surface area contributed by atoms with E-state index in [1.54, 1.807) is 14.2 Å². The van der Waals surface area contributed by atoms with Crippen LogP contribution in [0.4, 0.5) is 0 Å². The number of ether oxygens (including phenoxy) is 3. The number of carbonyl (C=O) groups is 1. The minimum atomic E-state index is -0.0218. The van der Waals surface area contributed by atoms with Gasteiger partial charge in [0.05, 0.1) is 27.2 Å². The van der Waals surface area contributed by atoms with Crippen molar-refractivity contribution in [1.29, 1.82) is 0 Å². The fraction of sp³-hybridized carbons (Fsp3) is 0.316. The van der Waals surface area contributed by atoms with Crippen molar-refractivity contribution in [3.63, 3.8) is 0 Å². The zero-order chi connectivity index (χ0) is 17.2. The van der Waals surface area contributed by atoms with E-state index in [2.05, 4.69) is 5.32 Å². The lowest BCUT2D eigenvalue weighted by Gasteiger charge is -2.10. The molecule has 2 aromatic rings. The second-order valence-electron chi connectivity index (χ2n) is 5.20. The minimum absolute atomic E-state index is 0.0218. The zero-order valence-corrected chi connectivity index (χ0v) is 14.1. The molecule has 24 heavy (non-hydrogen) atoms. The van der Waals surface area contributed by atoms with E-state index in [0.29, 0.717) is 31.1 Å². The number of nitrogens with one attached hydrogen (secondary N) is 1. The van der Waals surface area contributed by atoms with Crippen LogP contribution in [0.1, 0.15) is 12.0 Å². The van der Waals surface area contributed by atoms with Gasteiger partial charge in [-0.3, -0.25) is 4.79 Å². The Bertz CT molecular complexity index is 643. The highest BCUT2D eigenvalue weighted by Crippen LogP contribution is 2.27. The van der Waals surface area contributed by atoms with Gasteiger partial charge in [-0.05, 0) is 36.2 Å². The highest BCUT2D eigenvalue weighted by atomic mass is 16.5. The lowest BCUT2D eigenvalue weighted by Crippen LogP contribution is -2.27. The molecule has 2 aromatic carbocycles. The van der Waals surface area contributed by atoms with Crippen molar-refractivity contribution in [2.24, 2.45) is 0 Å². The van der Waals surface area contributed by atoms with Crippen LogP contribution >= 0.6 is 0 Å². The average Bonchev–Trinajstić information content (AvgIpc) is 2.62.